The van der Waals surface area contributed by atoms with Crippen LogP contribution in [0.15, 0.2) is 18.2 Å². The van der Waals surface area contributed by atoms with Crippen molar-refractivity contribution in [2.24, 2.45) is 0 Å². The third kappa shape index (κ3) is 3.02. The number of aliphatic hydroxyl groups excluding tert-OH is 1. The van der Waals surface area contributed by atoms with Gasteiger partial charge in [-0.25, -0.2) is 0 Å². The van der Waals surface area contributed by atoms with E-state index in [2.05, 4.69) is 17.9 Å². The molecule has 1 heterocycles. The number of β-amino-alcohol motifs (C(OH)–C–C–N with tert-alkyl or cyclic N) is 1. The third-order valence-corrected chi connectivity index (χ3v) is 6.09. The monoisotopic (exact) mass is 399 g/mol. The van der Waals surface area contributed by atoms with Gasteiger partial charge in [0.05, 0.1) is 34.5 Å². The van der Waals surface area contributed by atoms with Crippen LogP contribution in [0.1, 0.15) is 42.2 Å². The van der Waals surface area contributed by atoms with Gasteiger partial charge in [-0.2, -0.15) is 0 Å². The summed E-state index contributed by atoms with van der Waals surface area (Å²) < 4.78 is 22.6. The summed E-state index contributed by atoms with van der Waals surface area (Å²) in [7, 11) is 6.59. The summed E-state index contributed by atoms with van der Waals surface area (Å²) in [5.74, 6) is 2.71. The fourth-order valence-electron chi connectivity index (χ4n) is 4.86. The molecular weight excluding hydrogens is 370 g/mol. The van der Waals surface area contributed by atoms with Crippen LogP contribution in [0.4, 0.5) is 0 Å². The van der Waals surface area contributed by atoms with E-state index in [1.54, 1.807) is 28.4 Å². The molecule has 0 spiro atoms. The zero-order valence-corrected chi connectivity index (χ0v) is 17.7. The molecule has 0 saturated carbocycles. The molecular formula is C23H29NO5. The van der Waals surface area contributed by atoms with Crippen LogP contribution in [0.25, 0.3) is 11.1 Å². The van der Waals surface area contributed by atoms with Crippen molar-refractivity contribution in [2.45, 2.75) is 31.9 Å². The number of methoxy groups -OCH3 is 4. The maximum absolute atomic E-state index is 11.0. The van der Waals surface area contributed by atoms with Gasteiger partial charge >= 0.3 is 0 Å². The highest BCUT2D eigenvalue weighted by atomic mass is 16.5. The van der Waals surface area contributed by atoms with Crippen molar-refractivity contribution < 1.29 is 24.1 Å². The zero-order chi connectivity index (χ0) is 20.7. The van der Waals surface area contributed by atoms with Gasteiger partial charge < -0.3 is 24.1 Å². The normalized spacial score (nSPS) is 19.9. The van der Waals surface area contributed by atoms with Crippen LogP contribution in [-0.2, 0) is 6.42 Å². The van der Waals surface area contributed by atoms with Crippen molar-refractivity contribution in [1.82, 2.24) is 4.90 Å². The van der Waals surface area contributed by atoms with Crippen LogP contribution in [0, 0.1) is 0 Å². The van der Waals surface area contributed by atoms with Crippen LogP contribution < -0.4 is 18.9 Å². The van der Waals surface area contributed by atoms with Crippen LogP contribution >= 0.6 is 0 Å². The second kappa shape index (κ2) is 7.76. The highest BCUT2D eigenvalue weighted by Gasteiger charge is 2.40. The molecule has 0 amide bonds. The highest BCUT2D eigenvalue weighted by Crippen LogP contribution is 2.55. The second-order valence-electron chi connectivity index (χ2n) is 7.58. The SMILES string of the molecule is CCCN1CC(O)c2cc(OC)c(OC)c3c2C1Cc1cc(OC)c(OC)cc1-3. The van der Waals surface area contributed by atoms with E-state index in [0.29, 0.717) is 23.8 Å². The first-order valence-electron chi connectivity index (χ1n) is 10.0. The molecule has 0 aromatic heterocycles. The van der Waals surface area contributed by atoms with Gasteiger partial charge in [-0.1, -0.05) is 6.92 Å². The van der Waals surface area contributed by atoms with Crippen molar-refractivity contribution >= 4 is 0 Å². The van der Waals surface area contributed by atoms with Gasteiger partial charge in [0.25, 0.3) is 0 Å². The number of fused-ring (bicyclic) bond motifs is 2. The summed E-state index contributed by atoms with van der Waals surface area (Å²) in [5, 5.41) is 11.0. The molecule has 1 aliphatic carbocycles. The fraction of sp³-hybridized carbons (Fsp3) is 0.478. The zero-order valence-electron chi connectivity index (χ0n) is 17.7. The Hall–Kier alpha value is -2.44. The minimum atomic E-state index is -0.562. The highest BCUT2D eigenvalue weighted by molar-refractivity contribution is 5.85. The van der Waals surface area contributed by atoms with Gasteiger partial charge in [-0.05, 0) is 59.8 Å². The molecule has 4 rings (SSSR count). The van der Waals surface area contributed by atoms with E-state index in [1.807, 2.05) is 12.1 Å². The lowest BCUT2D eigenvalue weighted by atomic mass is 9.75. The van der Waals surface area contributed by atoms with Crippen LogP contribution in [-0.4, -0.2) is 51.5 Å². The van der Waals surface area contributed by atoms with Crippen molar-refractivity contribution in [3.63, 3.8) is 0 Å². The lowest BCUT2D eigenvalue weighted by Crippen LogP contribution is -2.41. The van der Waals surface area contributed by atoms with E-state index in [1.165, 1.54) is 5.56 Å². The first-order valence-corrected chi connectivity index (χ1v) is 10.0. The fourth-order valence-corrected chi connectivity index (χ4v) is 4.86. The number of benzene rings is 2. The van der Waals surface area contributed by atoms with Gasteiger partial charge in [-0.3, -0.25) is 4.90 Å². The molecule has 156 valence electrons. The van der Waals surface area contributed by atoms with Gasteiger partial charge in [-0.15, -0.1) is 0 Å². The summed E-state index contributed by atoms with van der Waals surface area (Å²) in [6.07, 6.45) is 1.31. The standard InChI is InChI=1S/C23H29NO5/c1-6-7-24-12-17(25)15-11-20(28-4)23(29-5)22-14-10-19(27-3)18(26-2)9-13(14)8-16(24)21(15)22/h9-11,16-17,25H,6-8,12H2,1-5H3. The molecule has 6 nitrogen and oxygen atoms in total. The predicted molar refractivity (Wildman–Crippen MR) is 111 cm³/mol. The Morgan fingerprint density at radius 1 is 0.966 bits per heavy atom. The van der Waals surface area contributed by atoms with Crippen molar-refractivity contribution in [2.75, 3.05) is 41.5 Å². The molecule has 2 unspecified atom stereocenters. The van der Waals surface area contributed by atoms with E-state index in [0.717, 1.165) is 47.4 Å². The maximum Gasteiger partial charge on any atom is 0.168 e. The first kappa shape index (κ1) is 19.9. The largest absolute Gasteiger partial charge is 0.493 e. The summed E-state index contributed by atoms with van der Waals surface area (Å²) in [6, 6.07) is 6.18. The van der Waals surface area contributed by atoms with Crippen LogP contribution in [0.5, 0.6) is 23.0 Å². The van der Waals surface area contributed by atoms with Gasteiger partial charge in [0, 0.05) is 18.2 Å². The second-order valence-corrected chi connectivity index (χ2v) is 7.58. The predicted octanol–water partition coefficient (Wildman–Crippen LogP) is 3.74. The Morgan fingerprint density at radius 3 is 2.28 bits per heavy atom. The summed E-state index contributed by atoms with van der Waals surface area (Å²) >= 11 is 0. The molecule has 2 aromatic carbocycles. The van der Waals surface area contributed by atoms with Gasteiger partial charge in [0.15, 0.2) is 23.0 Å². The lowest BCUT2D eigenvalue weighted by molar-refractivity contribution is 0.0651. The Balaban J connectivity index is 2.05. The molecule has 2 aromatic rings. The maximum atomic E-state index is 11.0. The third-order valence-electron chi connectivity index (χ3n) is 6.09. The molecule has 0 radical (unpaired) electrons. The molecule has 29 heavy (non-hydrogen) atoms. The summed E-state index contributed by atoms with van der Waals surface area (Å²) in [4.78, 5) is 2.38. The van der Waals surface area contributed by atoms with E-state index in [9.17, 15) is 5.11 Å². The minimum absolute atomic E-state index is 0.175. The average molecular weight is 399 g/mol. The van der Waals surface area contributed by atoms with Crippen LogP contribution in [0.2, 0.25) is 0 Å². The van der Waals surface area contributed by atoms with Crippen LogP contribution in [0.3, 0.4) is 0 Å². The molecule has 1 aliphatic heterocycles. The Labute approximate surface area is 171 Å². The number of aliphatic hydroxyl groups is 1. The quantitative estimate of drug-likeness (QED) is 0.798. The molecule has 1 N–H and O–H groups in total. The molecule has 0 fully saturated rings. The summed E-state index contributed by atoms with van der Waals surface area (Å²) in [6.45, 7) is 3.71. The Kier molecular flexibility index (Phi) is 5.32. The summed E-state index contributed by atoms with van der Waals surface area (Å²) in [5.41, 5.74) is 5.26. The topological polar surface area (TPSA) is 60.4 Å². The smallest absolute Gasteiger partial charge is 0.168 e. The first-order chi connectivity index (χ1) is 14.1. The molecule has 6 heteroatoms. The van der Waals surface area contributed by atoms with Crippen molar-refractivity contribution in [3.8, 4) is 34.1 Å². The number of hydrogen-bond acceptors (Lipinski definition) is 6. The Morgan fingerprint density at radius 2 is 1.66 bits per heavy atom. The number of nitrogens with zero attached hydrogens (tertiary/aromatic N) is 1. The molecule has 0 saturated heterocycles. The van der Waals surface area contributed by atoms with Gasteiger partial charge in [0.2, 0.25) is 0 Å². The van der Waals surface area contributed by atoms with E-state index in [-0.39, 0.29) is 6.04 Å². The minimum Gasteiger partial charge on any atom is -0.493 e. The van der Waals surface area contributed by atoms with E-state index in [4.69, 9.17) is 18.9 Å². The lowest BCUT2D eigenvalue weighted by Gasteiger charge is -2.44. The van der Waals surface area contributed by atoms with Crippen molar-refractivity contribution in [3.05, 3.63) is 34.9 Å². The van der Waals surface area contributed by atoms with Crippen molar-refractivity contribution in [1.29, 1.82) is 0 Å². The number of rotatable bonds is 6. The van der Waals surface area contributed by atoms with Gasteiger partial charge in [0.1, 0.15) is 0 Å². The van der Waals surface area contributed by atoms with E-state index < -0.39 is 6.10 Å². The molecule has 0 bridgehead atoms. The Bertz CT molecular complexity index is 926. The van der Waals surface area contributed by atoms with E-state index >= 15 is 0 Å². The number of ether oxygens (including phenoxy) is 4. The average Bonchev–Trinajstić information content (AvgIpc) is 2.75. The molecule has 2 atom stereocenters. The molecule has 2 aliphatic rings. The number of hydrogen-bond donors (Lipinski definition) is 1.